The second-order valence-corrected chi connectivity index (χ2v) is 2.03. The first kappa shape index (κ1) is 7.08. The molecular formula is C5H5ClN2O2. The van der Waals surface area contributed by atoms with Crippen molar-refractivity contribution in [3.8, 4) is 0 Å². The number of hydrogen-bond donors (Lipinski definition) is 1. The van der Waals surface area contributed by atoms with Crippen LogP contribution in [-0.4, -0.2) is 27.9 Å². The van der Waals surface area contributed by atoms with Crippen molar-refractivity contribution in [1.82, 2.24) is 4.90 Å². The molecule has 0 aliphatic carbocycles. The van der Waals surface area contributed by atoms with Gasteiger partial charge < -0.3 is 5.11 Å². The number of aliphatic imine (C=N–C) groups is 1. The van der Waals surface area contributed by atoms with Crippen LogP contribution in [0.4, 0.5) is 4.79 Å². The molecule has 5 heteroatoms. The molecule has 1 amide bonds. The second-order valence-electron chi connectivity index (χ2n) is 1.64. The maximum atomic E-state index is 10.3. The summed E-state index contributed by atoms with van der Waals surface area (Å²) in [7, 11) is 0. The van der Waals surface area contributed by atoms with Crippen LogP contribution in [0.15, 0.2) is 17.3 Å². The second kappa shape index (κ2) is 2.70. The van der Waals surface area contributed by atoms with E-state index in [1.807, 2.05) is 0 Å². The Morgan fingerprint density at radius 2 is 2.50 bits per heavy atom. The first-order valence-electron chi connectivity index (χ1n) is 2.57. The van der Waals surface area contributed by atoms with E-state index in [-0.39, 0.29) is 0 Å². The molecule has 0 bridgehead atoms. The largest absolute Gasteiger partial charge is 0.465 e. The summed E-state index contributed by atoms with van der Waals surface area (Å²) in [5.74, 6) is 0. The zero-order valence-electron chi connectivity index (χ0n) is 4.94. The van der Waals surface area contributed by atoms with Crippen LogP contribution >= 0.6 is 11.6 Å². The lowest BCUT2D eigenvalue weighted by molar-refractivity contribution is 0.159. The standard InChI is InChI=1S/C5H5ClN2O2/c6-4-7-2-1-3-8(4)5(9)10/h1-4H,(H,9,10)/t4-/m0/s1. The minimum atomic E-state index is -1.10. The van der Waals surface area contributed by atoms with E-state index in [9.17, 15) is 4.79 Å². The van der Waals surface area contributed by atoms with Gasteiger partial charge in [-0.3, -0.25) is 4.99 Å². The number of rotatable bonds is 0. The molecule has 1 heterocycles. The first-order chi connectivity index (χ1) is 4.72. The average Bonchev–Trinajstić information content (AvgIpc) is 1.88. The van der Waals surface area contributed by atoms with E-state index in [4.69, 9.17) is 16.7 Å². The Morgan fingerprint density at radius 3 is 2.90 bits per heavy atom. The number of alkyl halides is 1. The highest BCUT2D eigenvalue weighted by molar-refractivity contribution is 6.21. The number of carbonyl (C=O) groups is 1. The molecule has 1 rings (SSSR count). The Balaban J connectivity index is 2.70. The van der Waals surface area contributed by atoms with Gasteiger partial charge in [-0.2, -0.15) is 0 Å². The van der Waals surface area contributed by atoms with Crippen LogP contribution in [0.25, 0.3) is 0 Å². The summed E-state index contributed by atoms with van der Waals surface area (Å²) in [6.07, 6.45) is 3.21. The summed E-state index contributed by atoms with van der Waals surface area (Å²) in [5, 5.41) is 8.42. The lowest BCUT2D eigenvalue weighted by Gasteiger charge is -2.18. The van der Waals surface area contributed by atoms with Crippen molar-refractivity contribution in [1.29, 1.82) is 0 Å². The van der Waals surface area contributed by atoms with Crippen LogP contribution in [0.1, 0.15) is 0 Å². The van der Waals surface area contributed by atoms with Crippen molar-refractivity contribution in [2.45, 2.75) is 5.62 Å². The highest BCUT2D eigenvalue weighted by Crippen LogP contribution is 2.09. The molecule has 0 aromatic carbocycles. The Kier molecular flexibility index (Phi) is 1.91. The Bertz CT molecular complexity index is 202. The molecule has 0 fully saturated rings. The van der Waals surface area contributed by atoms with Gasteiger partial charge in [0, 0.05) is 12.4 Å². The Labute approximate surface area is 62.4 Å². The molecule has 1 atom stereocenters. The van der Waals surface area contributed by atoms with Gasteiger partial charge in [-0.25, -0.2) is 9.69 Å². The molecule has 0 unspecified atom stereocenters. The van der Waals surface area contributed by atoms with Crippen LogP contribution in [-0.2, 0) is 0 Å². The first-order valence-corrected chi connectivity index (χ1v) is 3.01. The van der Waals surface area contributed by atoms with Crippen LogP contribution in [0, 0.1) is 0 Å². The van der Waals surface area contributed by atoms with Gasteiger partial charge in [0.25, 0.3) is 0 Å². The van der Waals surface area contributed by atoms with Crippen molar-refractivity contribution < 1.29 is 9.90 Å². The fraction of sp³-hybridized carbons (Fsp3) is 0.200. The van der Waals surface area contributed by atoms with Gasteiger partial charge in [-0.05, 0) is 6.08 Å². The number of allylic oxidation sites excluding steroid dienone is 1. The molecule has 54 valence electrons. The minimum Gasteiger partial charge on any atom is -0.465 e. The van der Waals surface area contributed by atoms with Gasteiger partial charge in [0.1, 0.15) is 0 Å². The van der Waals surface area contributed by atoms with Gasteiger partial charge in [-0.15, -0.1) is 0 Å². The van der Waals surface area contributed by atoms with Crippen molar-refractivity contribution >= 4 is 23.9 Å². The lowest BCUT2D eigenvalue weighted by Crippen LogP contribution is -2.31. The molecule has 0 aromatic rings. The summed E-state index contributed by atoms with van der Waals surface area (Å²) in [5.41, 5.74) is -0.817. The topological polar surface area (TPSA) is 52.9 Å². The van der Waals surface area contributed by atoms with E-state index >= 15 is 0 Å². The third-order valence-electron chi connectivity index (χ3n) is 0.992. The summed E-state index contributed by atoms with van der Waals surface area (Å²) in [4.78, 5) is 14.8. The normalized spacial score (nSPS) is 23.3. The molecule has 1 N–H and O–H groups in total. The van der Waals surface area contributed by atoms with E-state index in [0.29, 0.717) is 0 Å². The molecule has 0 radical (unpaired) electrons. The Morgan fingerprint density at radius 1 is 1.80 bits per heavy atom. The van der Waals surface area contributed by atoms with Crippen LogP contribution in [0.3, 0.4) is 0 Å². The van der Waals surface area contributed by atoms with Gasteiger partial charge in [0.2, 0.25) is 5.62 Å². The number of hydrogen-bond acceptors (Lipinski definition) is 2. The van der Waals surface area contributed by atoms with Crippen molar-refractivity contribution in [3.05, 3.63) is 12.3 Å². The van der Waals surface area contributed by atoms with E-state index in [0.717, 1.165) is 4.90 Å². The maximum Gasteiger partial charge on any atom is 0.414 e. The minimum absolute atomic E-state index is 0.817. The summed E-state index contributed by atoms with van der Waals surface area (Å²) in [6.45, 7) is 0. The monoisotopic (exact) mass is 160 g/mol. The fourth-order valence-corrected chi connectivity index (χ4v) is 0.763. The van der Waals surface area contributed by atoms with Crippen LogP contribution < -0.4 is 0 Å². The quantitative estimate of drug-likeness (QED) is 0.426. The molecule has 1 aliphatic heterocycles. The van der Waals surface area contributed by atoms with Crippen molar-refractivity contribution in [3.63, 3.8) is 0 Å². The lowest BCUT2D eigenvalue weighted by atomic mass is 10.5. The number of amides is 1. The summed E-state index contributed by atoms with van der Waals surface area (Å²) < 4.78 is 0. The predicted molar refractivity (Wildman–Crippen MR) is 37.1 cm³/mol. The number of halogens is 1. The van der Waals surface area contributed by atoms with Crippen LogP contribution in [0.5, 0.6) is 0 Å². The number of nitrogens with zero attached hydrogens (tertiary/aromatic N) is 2. The zero-order chi connectivity index (χ0) is 7.56. The molecule has 10 heavy (non-hydrogen) atoms. The highest BCUT2D eigenvalue weighted by atomic mass is 35.5. The maximum absolute atomic E-state index is 10.3. The van der Waals surface area contributed by atoms with E-state index in [1.165, 1.54) is 18.5 Å². The molecule has 0 saturated heterocycles. The molecule has 1 aliphatic rings. The van der Waals surface area contributed by atoms with Gasteiger partial charge in [0.05, 0.1) is 0 Å². The third-order valence-corrected chi connectivity index (χ3v) is 1.32. The molecule has 0 saturated carbocycles. The predicted octanol–water partition coefficient (Wildman–Crippen LogP) is 1.09. The van der Waals surface area contributed by atoms with Crippen molar-refractivity contribution in [2.24, 2.45) is 4.99 Å². The molecule has 4 nitrogen and oxygen atoms in total. The van der Waals surface area contributed by atoms with E-state index < -0.39 is 11.7 Å². The molecular weight excluding hydrogens is 156 g/mol. The van der Waals surface area contributed by atoms with Gasteiger partial charge in [0.15, 0.2) is 0 Å². The Hall–Kier alpha value is -1.03. The van der Waals surface area contributed by atoms with E-state index in [1.54, 1.807) is 0 Å². The van der Waals surface area contributed by atoms with Crippen LogP contribution in [0.2, 0.25) is 0 Å². The van der Waals surface area contributed by atoms with Gasteiger partial charge >= 0.3 is 6.09 Å². The molecule has 0 aromatic heterocycles. The van der Waals surface area contributed by atoms with E-state index in [2.05, 4.69) is 4.99 Å². The highest BCUT2D eigenvalue weighted by Gasteiger charge is 2.17. The zero-order valence-corrected chi connectivity index (χ0v) is 5.69. The summed E-state index contributed by atoms with van der Waals surface area (Å²) >= 11 is 5.47. The van der Waals surface area contributed by atoms with Gasteiger partial charge in [-0.1, -0.05) is 11.6 Å². The SMILES string of the molecule is O=C(O)N1C=CC=N[C@@H]1Cl. The molecule has 0 spiro atoms. The van der Waals surface area contributed by atoms with Crippen molar-refractivity contribution in [2.75, 3.05) is 0 Å². The summed E-state index contributed by atoms with van der Waals surface area (Å²) in [6, 6.07) is 0. The number of carboxylic acid groups (broad SMARTS) is 1. The third kappa shape index (κ3) is 1.27. The average molecular weight is 161 g/mol. The smallest absolute Gasteiger partial charge is 0.414 e. The fourth-order valence-electron chi connectivity index (χ4n) is 0.550.